The van der Waals surface area contributed by atoms with Crippen LogP contribution < -0.4 is 5.32 Å². The zero-order chi connectivity index (χ0) is 14.7. The highest BCUT2D eigenvalue weighted by atomic mass is 16.2. The molecule has 0 unspecified atom stereocenters. The van der Waals surface area contributed by atoms with Gasteiger partial charge in [-0.05, 0) is 52.6 Å². The molecule has 1 fully saturated rings. The molecule has 110 valence electrons. The first kappa shape index (κ1) is 14.9. The lowest BCUT2D eigenvalue weighted by atomic mass is 9.90. The second-order valence-corrected chi connectivity index (χ2v) is 5.69. The summed E-state index contributed by atoms with van der Waals surface area (Å²) in [6.45, 7) is 3.70. The maximum atomic E-state index is 12.6. The number of carbonyl (C=O) groups excluding carboxylic acids is 1. The Balaban J connectivity index is 2.07. The molecule has 1 amide bonds. The maximum Gasteiger partial charge on any atom is 0.255 e. The molecule has 1 aliphatic carbocycles. The number of hydrogen-bond donors (Lipinski definition) is 1. The third-order valence-corrected chi connectivity index (χ3v) is 4.30. The van der Waals surface area contributed by atoms with E-state index >= 15 is 0 Å². The van der Waals surface area contributed by atoms with Crippen LogP contribution in [0.2, 0.25) is 0 Å². The third kappa shape index (κ3) is 3.15. The monoisotopic (exact) mass is 276 g/mol. The van der Waals surface area contributed by atoms with Crippen LogP contribution in [0.25, 0.3) is 0 Å². The zero-order valence-electron chi connectivity index (χ0n) is 12.8. The molecule has 1 aliphatic rings. The van der Waals surface area contributed by atoms with Crippen LogP contribution in [0.1, 0.15) is 47.4 Å². The molecule has 0 saturated heterocycles. The molecular formula is C15H24N4O. The SMILES string of the molecule is CNC1CCC(N(C)C(=O)c2cc(C)nnc2C)CC1. The van der Waals surface area contributed by atoms with E-state index in [9.17, 15) is 4.79 Å². The van der Waals surface area contributed by atoms with Crippen LogP contribution in [0.4, 0.5) is 0 Å². The predicted octanol–water partition coefficient (Wildman–Crippen LogP) is 1.70. The number of amides is 1. The van der Waals surface area contributed by atoms with Crippen molar-refractivity contribution in [3.05, 3.63) is 23.0 Å². The van der Waals surface area contributed by atoms with Gasteiger partial charge in [0, 0.05) is 19.1 Å². The Hall–Kier alpha value is -1.49. The quantitative estimate of drug-likeness (QED) is 0.913. The van der Waals surface area contributed by atoms with Gasteiger partial charge in [0.1, 0.15) is 0 Å². The normalized spacial score (nSPS) is 22.6. The molecule has 0 bridgehead atoms. The van der Waals surface area contributed by atoms with Crippen molar-refractivity contribution in [2.75, 3.05) is 14.1 Å². The summed E-state index contributed by atoms with van der Waals surface area (Å²) in [6, 6.07) is 2.77. The standard InChI is InChI=1S/C15H24N4O/c1-10-9-14(11(2)18-17-10)15(20)19(4)13-7-5-12(16-3)6-8-13/h9,12-13,16H,5-8H2,1-4H3. The number of hydrogen-bond acceptors (Lipinski definition) is 4. The van der Waals surface area contributed by atoms with Crippen LogP contribution in [0, 0.1) is 13.8 Å². The first-order chi connectivity index (χ1) is 9.52. The van der Waals surface area contributed by atoms with Gasteiger partial charge < -0.3 is 10.2 Å². The molecular weight excluding hydrogens is 252 g/mol. The first-order valence-electron chi connectivity index (χ1n) is 7.28. The molecule has 1 aromatic rings. The fourth-order valence-corrected chi connectivity index (χ4v) is 2.87. The van der Waals surface area contributed by atoms with Gasteiger partial charge in [-0.3, -0.25) is 4.79 Å². The molecule has 1 heterocycles. The smallest absolute Gasteiger partial charge is 0.255 e. The minimum absolute atomic E-state index is 0.0633. The largest absolute Gasteiger partial charge is 0.339 e. The van der Waals surface area contributed by atoms with Crippen LogP contribution in [0.15, 0.2) is 6.07 Å². The number of aryl methyl sites for hydroxylation is 2. The lowest BCUT2D eigenvalue weighted by Gasteiger charge is -2.34. The average molecular weight is 276 g/mol. The molecule has 0 spiro atoms. The summed E-state index contributed by atoms with van der Waals surface area (Å²) in [5, 5.41) is 11.3. The Morgan fingerprint density at radius 3 is 2.50 bits per heavy atom. The molecule has 0 aliphatic heterocycles. The molecule has 1 saturated carbocycles. The summed E-state index contributed by atoms with van der Waals surface area (Å²) < 4.78 is 0. The highest BCUT2D eigenvalue weighted by Crippen LogP contribution is 2.23. The van der Waals surface area contributed by atoms with E-state index in [0.29, 0.717) is 23.3 Å². The van der Waals surface area contributed by atoms with Crippen LogP contribution >= 0.6 is 0 Å². The molecule has 1 aromatic heterocycles. The van der Waals surface area contributed by atoms with Crippen molar-refractivity contribution in [1.82, 2.24) is 20.4 Å². The van der Waals surface area contributed by atoms with Gasteiger partial charge in [0.25, 0.3) is 5.91 Å². The number of nitrogens with one attached hydrogen (secondary N) is 1. The van der Waals surface area contributed by atoms with Crippen LogP contribution in [0.3, 0.4) is 0 Å². The lowest BCUT2D eigenvalue weighted by Crippen LogP contribution is -2.42. The lowest BCUT2D eigenvalue weighted by molar-refractivity contribution is 0.0684. The molecule has 2 rings (SSSR count). The van der Waals surface area contributed by atoms with E-state index in [1.54, 1.807) is 0 Å². The van der Waals surface area contributed by atoms with Crippen molar-refractivity contribution in [3.63, 3.8) is 0 Å². The Morgan fingerprint density at radius 2 is 1.90 bits per heavy atom. The fourth-order valence-electron chi connectivity index (χ4n) is 2.87. The van der Waals surface area contributed by atoms with Crippen LogP contribution in [-0.2, 0) is 0 Å². The average Bonchev–Trinajstić information content (AvgIpc) is 2.48. The number of nitrogens with zero attached hydrogens (tertiary/aromatic N) is 3. The molecule has 0 radical (unpaired) electrons. The Morgan fingerprint density at radius 1 is 1.25 bits per heavy atom. The molecule has 0 atom stereocenters. The van der Waals surface area contributed by atoms with E-state index in [2.05, 4.69) is 15.5 Å². The van der Waals surface area contributed by atoms with E-state index in [1.165, 1.54) is 0 Å². The van der Waals surface area contributed by atoms with E-state index in [-0.39, 0.29) is 5.91 Å². The van der Waals surface area contributed by atoms with Gasteiger partial charge in [0.05, 0.1) is 17.0 Å². The maximum absolute atomic E-state index is 12.6. The summed E-state index contributed by atoms with van der Waals surface area (Å²) in [5.74, 6) is 0.0633. The predicted molar refractivity (Wildman–Crippen MR) is 78.7 cm³/mol. The van der Waals surface area contributed by atoms with Gasteiger partial charge in [-0.2, -0.15) is 10.2 Å². The fraction of sp³-hybridized carbons (Fsp3) is 0.667. The summed E-state index contributed by atoms with van der Waals surface area (Å²) in [4.78, 5) is 14.5. The van der Waals surface area contributed by atoms with Gasteiger partial charge in [-0.25, -0.2) is 0 Å². The van der Waals surface area contributed by atoms with Gasteiger partial charge in [-0.1, -0.05) is 0 Å². The third-order valence-electron chi connectivity index (χ3n) is 4.30. The second-order valence-electron chi connectivity index (χ2n) is 5.69. The second kappa shape index (κ2) is 6.31. The van der Waals surface area contributed by atoms with Crippen molar-refractivity contribution in [1.29, 1.82) is 0 Å². The minimum Gasteiger partial charge on any atom is -0.339 e. The molecule has 5 nitrogen and oxygen atoms in total. The highest BCUT2D eigenvalue weighted by Gasteiger charge is 2.27. The number of aromatic nitrogens is 2. The van der Waals surface area contributed by atoms with Crippen molar-refractivity contribution < 1.29 is 4.79 Å². The topological polar surface area (TPSA) is 58.1 Å². The van der Waals surface area contributed by atoms with Gasteiger partial charge in [-0.15, -0.1) is 0 Å². The summed E-state index contributed by atoms with van der Waals surface area (Å²) >= 11 is 0. The molecule has 20 heavy (non-hydrogen) atoms. The molecule has 5 heteroatoms. The highest BCUT2D eigenvalue weighted by molar-refractivity contribution is 5.95. The van der Waals surface area contributed by atoms with Crippen LogP contribution in [0.5, 0.6) is 0 Å². The van der Waals surface area contributed by atoms with Gasteiger partial charge in [0.2, 0.25) is 0 Å². The van der Waals surface area contributed by atoms with E-state index in [1.807, 2.05) is 38.9 Å². The Kier molecular flexibility index (Phi) is 4.70. The zero-order valence-corrected chi connectivity index (χ0v) is 12.8. The van der Waals surface area contributed by atoms with E-state index in [0.717, 1.165) is 31.4 Å². The van der Waals surface area contributed by atoms with Gasteiger partial charge >= 0.3 is 0 Å². The first-order valence-corrected chi connectivity index (χ1v) is 7.28. The molecule has 0 aromatic carbocycles. The van der Waals surface area contributed by atoms with E-state index in [4.69, 9.17) is 0 Å². The van der Waals surface area contributed by atoms with Crippen molar-refractivity contribution >= 4 is 5.91 Å². The van der Waals surface area contributed by atoms with Gasteiger partial charge in [0.15, 0.2) is 0 Å². The summed E-state index contributed by atoms with van der Waals surface area (Å²) in [5.41, 5.74) is 2.17. The summed E-state index contributed by atoms with van der Waals surface area (Å²) in [6.07, 6.45) is 4.38. The van der Waals surface area contributed by atoms with E-state index < -0.39 is 0 Å². The van der Waals surface area contributed by atoms with Crippen molar-refractivity contribution in [2.24, 2.45) is 0 Å². The number of rotatable bonds is 3. The van der Waals surface area contributed by atoms with Crippen molar-refractivity contribution in [2.45, 2.75) is 51.6 Å². The summed E-state index contributed by atoms with van der Waals surface area (Å²) in [7, 11) is 3.91. The Labute approximate surface area is 120 Å². The van der Waals surface area contributed by atoms with Crippen molar-refractivity contribution in [3.8, 4) is 0 Å². The Bertz CT molecular complexity index is 481. The molecule has 1 N–H and O–H groups in total. The van der Waals surface area contributed by atoms with Crippen LogP contribution in [-0.4, -0.2) is 47.2 Å². The minimum atomic E-state index is 0.0633. The number of carbonyl (C=O) groups is 1.